The summed E-state index contributed by atoms with van der Waals surface area (Å²) in [5.74, 6) is -0.269. The summed E-state index contributed by atoms with van der Waals surface area (Å²) >= 11 is 11.8. The number of hydrogen-bond donors (Lipinski definition) is 2. The van der Waals surface area contributed by atoms with Crippen LogP contribution >= 0.6 is 23.2 Å². The van der Waals surface area contributed by atoms with Crippen LogP contribution in [-0.2, 0) is 6.54 Å². The average molecular weight is 295 g/mol. The summed E-state index contributed by atoms with van der Waals surface area (Å²) in [5, 5.41) is 3.39. The van der Waals surface area contributed by atoms with E-state index in [1.165, 1.54) is 0 Å². The maximum absolute atomic E-state index is 12.0. The van der Waals surface area contributed by atoms with Crippen molar-refractivity contribution in [2.45, 2.75) is 6.54 Å². The Morgan fingerprint density at radius 2 is 1.89 bits per heavy atom. The van der Waals surface area contributed by atoms with Crippen molar-refractivity contribution in [2.24, 2.45) is 0 Å². The fourth-order valence-electron chi connectivity index (χ4n) is 1.66. The molecule has 2 rings (SSSR count). The molecule has 0 aromatic heterocycles. The first-order valence-electron chi connectivity index (χ1n) is 5.64. The van der Waals surface area contributed by atoms with Gasteiger partial charge in [0.15, 0.2) is 0 Å². The number of benzene rings is 2. The number of carbonyl (C=O) groups excluding carboxylic acids is 1. The van der Waals surface area contributed by atoms with Crippen molar-refractivity contribution in [2.75, 3.05) is 5.73 Å². The van der Waals surface area contributed by atoms with Crippen LogP contribution in [0.25, 0.3) is 0 Å². The zero-order chi connectivity index (χ0) is 13.8. The lowest BCUT2D eigenvalue weighted by Gasteiger charge is -2.08. The molecule has 0 atom stereocenters. The molecule has 98 valence electrons. The van der Waals surface area contributed by atoms with E-state index in [4.69, 9.17) is 28.9 Å². The van der Waals surface area contributed by atoms with Crippen molar-refractivity contribution in [1.29, 1.82) is 0 Å². The van der Waals surface area contributed by atoms with Gasteiger partial charge < -0.3 is 11.1 Å². The zero-order valence-corrected chi connectivity index (χ0v) is 11.5. The van der Waals surface area contributed by atoms with Gasteiger partial charge in [0.25, 0.3) is 5.91 Å². The van der Waals surface area contributed by atoms with Crippen LogP contribution in [0, 0.1) is 0 Å². The Labute approximate surface area is 121 Å². The van der Waals surface area contributed by atoms with E-state index in [2.05, 4.69) is 5.32 Å². The van der Waals surface area contributed by atoms with Gasteiger partial charge in [0, 0.05) is 12.2 Å². The molecule has 0 aliphatic rings. The Morgan fingerprint density at radius 1 is 1.16 bits per heavy atom. The molecule has 0 saturated carbocycles. The van der Waals surface area contributed by atoms with E-state index in [-0.39, 0.29) is 10.9 Å². The second kappa shape index (κ2) is 5.95. The zero-order valence-electron chi connectivity index (χ0n) is 9.99. The number of nitrogens with one attached hydrogen (secondary N) is 1. The first-order chi connectivity index (χ1) is 9.08. The minimum absolute atomic E-state index is 0.259. The van der Waals surface area contributed by atoms with Gasteiger partial charge in [-0.1, -0.05) is 41.4 Å². The van der Waals surface area contributed by atoms with Crippen LogP contribution in [-0.4, -0.2) is 5.91 Å². The Hall–Kier alpha value is -1.71. The monoisotopic (exact) mass is 294 g/mol. The smallest absolute Gasteiger partial charge is 0.253 e. The first-order valence-corrected chi connectivity index (χ1v) is 6.40. The summed E-state index contributed by atoms with van der Waals surface area (Å²) in [6.45, 7) is 0.382. The molecule has 0 fully saturated rings. The topological polar surface area (TPSA) is 55.1 Å². The van der Waals surface area contributed by atoms with Gasteiger partial charge in [0.05, 0.1) is 15.6 Å². The maximum Gasteiger partial charge on any atom is 0.253 e. The summed E-state index contributed by atoms with van der Waals surface area (Å²) in [7, 11) is 0. The van der Waals surface area contributed by atoms with Gasteiger partial charge >= 0.3 is 0 Å². The second-order valence-electron chi connectivity index (χ2n) is 4.03. The number of amides is 1. The van der Waals surface area contributed by atoms with Gasteiger partial charge in [-0.3, -0.25) is 4.79 Å². The van der Waals surface area contributed by atoms with Crippen LogP contribution in [0.4, 0.5) is 5.69 Å². The molecular formula is C14H12Cl2N2O. The molecule has 1 amide bonds. The average Bonchev–Trinajstić information content (AvgIpc) is 2.39. The molecule has 0 bridgehead atoms. The molecule has 0 spiro atoms. The first kappa shape index (κ1) is 13.7. The third kappa shape index (κ3) is 3.40. The number of rotatable bonds is 3. The van der Waals surface area contributed by atoms with Crippen molar-refractivity contribution >= 4 is 34.8 Å². The predicted molar refractivity (Wildman–Crippen MR) is 78.5 cm³/mol. The molecule has 2 aromatic rings. The van der Waals surface area contributed by atoms with Crippen molar-refractivity contribution in [3.8, 4) is 0 Å². The Balaban J connectivity index is 2.08. The third-order valence-corrected chi connectivity index (χ3v) is 3.42. The van der Waals surface area contributed by atoms with Crippen LogP contribution in [0.15, 0.2) is 42.5 Å². The standard InChI is InChI=1S/C14H12Cl2N2O/c15-12-6-2-5-11(13(12)16)14(19)18-8-9-3-1-4-10(17)7-9/h1-7H,8,17H2,(H,18,19). The molecule has 0 aliphatic heterocycles. The summed E-state index contributed by atoms with van der Waals surface area (Å²) in [6, 6.07) is 12.3. The molecule has 3 N–H and O–H groups in total. The highest BCUT2D eigenvalue weighted by Gasteiger charge is 2.11. The highest BCUT2D eigenvalue weighted by molar-refractivity contribution is 6.43. The molecule has 0 saturated heterocycles. The van der Waals surface area contributed by atoms with Gasteiger partial charge in [-0.2, -0.15) is 0 Å². The Kier molecular flexibility index (Phi) is 4.30. The summed E-state index contributed by atoms with van der Waals surface area (Å²) in [4.78, 5) is 12.0. The number of hydrogen-bond acceptors (Lipinski definition) is 2. The van der Waals surface area contributed by atoms with Gasteiger partial charge in [-0.25, -0.2) is 0 Å². The predicted octanol–water partition coefficient (Wildman–Crippen LogP) is 3.51. The minimum Gasteiger partial charge on any atom is -0.399 e. The highest BCUT2D eigenvalue weighted by atomic mass is 35.5. The summed E-state index contributed by atoms with van der Waals surface area (Å²) in [6.07, 6.45) is 0. The van der Waals surface area contributed by atoms with E-state index in [1.54, 1.807) is 30.3 Å². The van der Waals surface area contributed by atoms with Gasteiger partial charge in [0.2, 0.25) is 0 Å². The van der Waals surface area contributed by atoms with Crippen LogP contribution in [0.2, 0.25) is 10.0 Å². The molecular weight excluding hydrogens is 283 g/mol. The van der Waals surface area contributed by atoms with Crippen LogP contribution in [0.1, 0.15) is 15.9 Å². The molecule has 0 heterocycles. The fourth-order valence-corrected chi connectivity index (χ4v) is 2.05. The quantitative estimate of drug-likeness (QED) is 0.851. The number of nitrogen functional groups attached to an aromatic ring is 1. The van der Waals surface area contributed by atoms with Crippen molar-refractivity contribution in [3.05, 3.63) is 63.6 Å². The number of halogens is 2. The van der Waals surface area contributed by atoms with Crippen LogP contribution in [0.3, 0.4) is 0 Å². The lowest BCUT2D eigenvalue weighted by atomic mass is 10.2. The number of nitrogens with two attached hydrogens (primary N) is 1. The van der Waals surface area contributed by atoms with E-state index in [9.17, 15) is 4.79 Å². The second-order valence-corrected chi connectivity index (χ2v) is 4.81. The SMILES string of the molecule is Nc1cccc(CNC(=O)c2cccc(Cl)c2Cl)c1. The molecule has 2 aromatic carbocycles. The molecule has 0 unspecified atom stereocenters. The maximum atomic E-state index is 12.0. The summed E-state index contributed by atoms with van der Waals surface area (Å²) < 4.78 is 0. The van der Waals surface area contributed by atoms with Gasteiger partial charge in [-0.15, -0.1) is 0 Å². The Bertz CT molecular complexity index is 614. The van der Waals surface area contributed by atoms with E-state index in [1.807, 2.05) is 12.1 Å². The van der Waals surface area contributed by atoms with E-state index >= 15 is 0 Å². The Morgan fingerprint density at radius 3 is 2.63 bits per heavy atom. The lowest BCUT2D eigenvalue weighted by Crippen LogP contribution is -2.23. The molecule has 5 heteroatoms. The van der Waals surface area contributed by atoms with E-state index in [0.29, 0.717) is 22.8 Å². The minimum atomic E-state index is -0.269. The van der Waals surface area contributed by atoms with Crippen LogP contribution in [0.5, 0.6) is 0 Å². The van der Waals surface area contributed by atoms with Crippen molar-refractivity contribution in [1.82, 2.24) is 5.32 Å². The molecule has 19 heavy (non-hydrogen) atoms. The number of carbonyl (C=O) groups is 1. The van der Waals surface area contributed by atoms with Gasteiger partial charge in [-0.05, 0) is 29.8 Å². The van der Waals surface area contributed by atoms with Crippen LogP contribution < -0.4 is 11.1 Å². The largest absolute Gasteiger partial charge is 0.399 e. The highest BCUT2D eigenvalue weighted by Crippen LogP contribution is 2.25. The van der Waals surface area contributed by atoms with Gasteiger partial charge in [0.1, 0.15) is 0 Å². The van der Waals surface area contributed by atoms with Crippen molar-refractivity contribution < 1.29 is 4.79 Å². The third-order valence-electron chi connectivity index (χ3n) is 2.60. The molecule has 0 radical (unpaired) electrons. The normalized spacial score (nSPS) is 10.2. The lowest BCUT2D eigenvalue weighted by molar-refractivity contribution is 0.0951. The van der Waals surface area contributed by atoms with E-state index < -0.39 is 0 Å². The van der Waals surface area contributed by atoms with Crippen molar-refractivity contribution in [3.63, 3.8) is 0 Å². The molecule has 0 aliphatic carbocycles. The summed E-state index contributed by atoms with van der Waals surface area (Å²) in [5.41, 5.74) is 7.61. The number of anilines is 1. The van der Waals surface area contributed by atoms with E-state index in [0.717, 1.165) is 5.56 Å². The molecule has 3 nitrogen and oxygen atoms in total. The fraction of sp³-hybridized carbons (Fsp3) is 0.0714.